The molecule has 1 saturated heterocycles. The molecule has 0 bridgehead atoms. The normalized spacial score (nSPS) is 14.5. The highest BCUT2D eigenvalue weighted by Gasteiger charge is 2.26. The second-order valence-corrected chi connectivity index (χ2v) is 7.36. The molecule has 0 aliphatic carbocycles. The molecule has 9 heteroatoms. The van der Waals surface area contributed by atoms with E-state index in [9.17, 15) is 4.79 Å². The van der Waals surface area contributed by atoms with E-state index in [1.54, 1.807) is 23.4 Å². The Balaban J connectivity index is 1.35. The van der Waals surface area contributed by atoms with Gasteiger partial charge >= 0.3 is 0 Å². The fraction of sp³-hybridized carbons (Fsp3) is 0.286. The van der Waals surface area contributed by atoms with Crippen molar-refractivity contribution in [3.63, 3.8) is 0 Å². The lowest BCUT2D eigenvalue weighted by Gasteiger charge is -2.35. The number of carbonyl (C=O) groups is 1. The van der Waals surface area contributed by atoms with Crippen LogP contribution in [0.1, 0.15) is 16.3 Å². The van der Waals surface area contributed by atoms with Crippen molar-refractivity contribution < 1.29 is 4.79 Å². The summed E-state index contributed by atoms with van der Waals surface area (Å²) in [6.07, 6.45) is 5.12. The van der Waals surface area contributed by atoms with Gasteiger partial charge in [0, 0.05) is 38.9 Å². The van der Waals surface area contributed by atoms with Crippen LogP contribution in [0.3, 0.4) is 0 Å². The third-order valence-corrected chi connectivity index (χ3v) is 5.44. The van der Waals surface area contributed by atoms with Gasteiger partial charge in [-0.25, -0.2) is 15.0 Å². The van der Waals surface area contributed by atoms with Gasteiger partial charge in [-0.3, -0.25) is 14.0 Å². The molecule has 1 aliphatic rings. The molecule has 0 spiro atoms. The van der Waals surface area contributed by atoms with Gasteiger partial charge in [0.15, 0.2) is 5.65 Å². The van der Waals surface area contributed by atoms with Gasteiger partial charge in [0.2, 0.25) is 0 Å². The summed E-state index contributed by atoms with van der Waals surface area (Å²) < 4.78 is 3.60. The van der Waals surface area contributed by atoms with Crippen LogP contribution in [-0.2, 0) is 7.05 Å². The minimum absolute atomic E-state index is 0.0126. The molecule has 1 aliphatic heterocycles. The lowest BCUT2D eigenvalue weighted by molar-refractivity contribution is 0.0738. The molecule has 9 nitrogen and oxygen atoms in total. The van der Waals surface area contributed by atoms with E-state index in [2.05, 4.69) is 25.0 Å². The topological polar surface area (TPSA) is 85.0 Å². The number of hydrogen-bond acceptors (Lipinski definition) is 6. The van der Waals surface area contributed by atoms with Crippen molar-refractivity contribution in [1.29, 1.82) is 0 Å². The Morgan fingerprint density at radius 3 is 2.53 bits per heavy atom. The molecule has 5 rings (SSSR count). The van der Waals surface area contributed by atoms with Crippen molar-refractivity contribution in [1.82, 2.24) is 34.2 Å². The fourth-order valence-corrected chi connectivity index (χ4v) is 3.89. The minimum atomic E-state index is -0.0126. The smallest absolute Gasteiger partial charge is 0.272 e. The first-order valence-corrected chi connectivity index (χ1v) is 9.90. The molecule has 0 saturated carbocycles. The lowest BCUT2D eigenvalue weighted by atomic mass is 10.2. The summed E-state index contributed by atoms with van der Waals surface area (Å²) in [4.78, 5) is 30.6. The monoisotopic (exact) mass is 402 g/mol. The van der Waals surface area contributed by atoms with Crippen LogP contribution in [0.25, 0.3) is 16.7 Å². The van der Waals surface area contributed by atoms with Gasteiger partial charge in [0.25, 0.3) is 5.91 Å². The molecule has 1 amide bonds. The maximum atomic E-state index is 13.2. The SMILES string of the molecule is Cc1nc(N2CCN(C(=O)c3cncn3-c3ccccc3)CC2)c2cnn(C)c2n1. The second kappa shape index (κ2) is 7.25. The molecule has 3 aromatic heterocycles. The van der Waals surface area contributed by atoms with E-state index in [0.29, 0.717) is 37.7 Å². The summed E-state index contributed by atoms with van der Waals surface area (Å²) in [5.74, 6) is 1.58. The van der Waals surface area contributed by atoms with Crippen LogP contribution in [-0.4, -0.2) is 66.3 Å². The van der Waals surface area contributed by atoms with Gasteiger partial charge in [-0.05, 0) is 19.1 Å². The summed E-state index contributed by atoms with van der Waals surface area (Å²) in [5.41, 5.74) is 2.32. The number of fused-ring (bicyclic) bond motifs is 1. The van der Waals surface area contributed by atoms with E-state index >= 15 is 0 Å². The maximum absolute atomic E-state index is 13.2. The van der Waals surface area contributed by atoms with Crippen molar-refractivity contribution in [3.05, 3.63) is 60.6 Å². The van der Waals surface area contributed by atoms with Crippen LogP contribution in [0, 0.1) is 6.92 Å². The van der Waals surface area contributed by atoms with E-state index in [-0.39, 0.29) is 5.91 Å². The number of imidazole rings is 1. The van der Waals surface area contributed by atoms with Gasteiger partial charge in [-0.15, -0.1) is 0 Å². The Kier molecular flexibility index (Phi) is 4.42. The number of rotatable bonds is 3. The van der Waals surface area contributed by atoms with Crippen LogP contribution in [0.15, 0.2) is 49.1 Å². The predicted octanol–water partition coefficient (Wildman–Crippen LogP) is 1.82. The summed E-state index contributed by atoms with van der Waals surface area (Å²) in [5, 5.41) is 5.26. The van der Waals surface area contributed by atoms with Crippen LogP contribution in [0.2, 0.25) is 0 Å². The number of para-hydroxylation sites is 1. The highest BCUT2D eigenvalue weighted by Crippen LogP contribution is 2.25. The van der Waals surface area contributed by atoms with E-state index in [1.807, 2.05) is 53.8 Å². The molecule has 1 aromatic carbocycles. The maximum Gasteiger partial charge on any atom is 0.272 e. The zero-order valence-electron chi connectivity index (χ0n) is 16.9. The Labute approximate surface area is 173 Å². The Morgan fingerprint density at radius 2 is 1.77 bits per heavy atom. The van der Waals surface area contributed by atoms with Crippen LogP contribution in [0.5, 0.6) is 0 Å². The molecule has 0 unspecified atom stereocenters. The second-order valence-electron chi connectivity index (χ2n) is 7.36. The van der Waals surface area contributed by atoms with Crippen molar-refractivity contribution in [2.75, 3.05) is 31.1 Å². The van der Waals surface area contributed by atoms with E-state index in [1.165, 1.54) is 0 Å². The van der Waals surface area contributed by atoms with Crippen molar-refractivity contribution >= 4 is 22.8 Å². The van der Waals surface area contributed by atoms with Crippen LogP contribution in [0.4, 0.5) is 5.82 Å². The summed E-state index contributed by atoms with van der Waals surface area (Å²) in [6.45, 7) is 4.52. The van der Waals surface area contributed by atoms with Gasteiger partial charge in [0.1, 0.15) is 17.3 Å². The number of amides is 1. The first-order chi connectivity index (χ1) is 14.6. The molecule has 152 valence electrons. The number of aromatic nitrogens is 6. The number of aryl methyl sites for hydroxylation is 2. The third kappa shape index (κ3) is 3.08. The Morgan fingerprint density at radius 1 is 1.00 bits per heavy atom. The molecule has 0 radical (unpaired) electrons. The largest absolute Gasteiger partial charge is 0.352 e. The number of carbonyl (C=O) groups excluding carboxylic acids is 1. The van der Waals surface area contributed by atoms with Gasteiger partial charge < -0.3 is 9.80 Å². The lowest BCUT2D eigenvalue weighted by Crippen LogP contribution is -2.49. The first kappa shape index (κ1) is 18.3. The molecular formula is C21H22N8O. The number of hydrogen-bond donors (Lipinski definition) is 0. The number of nitrogens with zero attached hydrogens (tertiary/aromatic N) is 8. The van der Waals surface area contributed by atoms with Gasteiger partial charge in [-0.1, -0.05) is 18.2 Å². The number of benzene rings is 1. The van der Waals surface area contributed by atoms with E-state index < -0.39 is 0 Å². The average Bonchev–Trinajstić information content (AvgIpc) is 3.41. The van der Waals surface area contributed by atoms with E-state index in [4.69, 9.17) is 0 Å². The molecule has 4 heterocycles. The molecule has 0 atom stereocenters. The zero-order valence-corrected chi connectivity index (χ0v) is 16.9. The summed E-state index contributed by atoms with van der Waals surface area (Å²) in [6, 6.07) is 9.78. The quantitative estimate of drug-likeness (QED) is 0.520. The summed E-state index contributed by atoms with van der Waals surface area (Å²) >= 11 is 0. The Bertz CT molecular complexity index is 1200. The highest BCUT2D eigenvalue weighted by atomic mass is 16.2. The third-order valence-electron chi connectivity index (χ3n) is 5.44. The number of anilines is 1. The minimum Gasteiger partial charge on any atom is -0.352 e. The Hall–Kier alpha value is -3.75. The van der Waals surface area contributed by atoms with E-state index in [0.717, 1.165) is 22.5 Å². The van der Waals surface area contributed by atoms with Crippen molar-refractivity contribution in [2.24, 2.45) is 7.05 Å². The van der Waals surface area contributed by atoms with Crippen LogP contribution >= 0.6 is 0 Å². The molecule has 4 aromatic rings. The van der Waals surface area contributed by atoms with Crippen molar-refractivity contribution in [3.8, 4) is 5.69 Å². The van der Waals surface area contributed by atoms with Crippen LogP contribution < -0.4 is 4.90 Å². The van der Waals surface area contributed by atoms with Gasteiger partial charge in [0.05, 0.1) is 24.1 Å². The molecule has 1 fully saturated rings. The average molecular weight is 402 g/mol. The molecular weight excluding hydrogens is 380 g/mol. The first-order valence-electron chi connectivity index (χ1n) is 9.90. The zero-order chi connectivity index (χ0) is 20.7. The fourth-order valence-electron chi connectivity index (χ4n) is 3.89. The summed E-state index contributed by atoms with van der Waals surface area (Å²) in [7, 11) is 1.88. The van der Waals surface area contributed by atoms with Crippen molar-refractivity contribution in [2.45, 2.75) is 6.92 Å². The predicted molar refractivity (Wildman–Crippen MR) is 113 cm³/mol. The molecule has 0 N–H and O–H groups in total. The molecule has 30 heavy (non-hydrogen) atoms. The van der Waals surface area contributed by atoms with Gasteiger partial charge in [-0.2, -0.15) is 5.10 Å². The number of piperazine rings is 1. The standard InChI is InChI=1S/C21H22N8O/c1-15-24-19-17(12-23-26(19)2)20(25-15)27-8-10-28(11-9-27)21(30)18-13-22-14-29(18)16-6-4-3-5-7-16/h3-7,12-14H,8-11H2,1-2H3. The highest BCUT2D eigenvalue weighted by molar-refractivity contribution is 5.93.